The first-order chi connectivity index (χ1) is 7.70. The molecule has 0 spiro atoms. The summed E-state index contributed by atoms with van der Waals surface area (Å²) >= 11 is 0. The van der Waals surface area contributed by atoms with Crippen molar-refractivity contribution in [1.82, 2.24) is 0 Å². The molecule has 1 heterocycles. The number of halogens is 1. The van der Waals surface area contributed by atoms with E-state index < -0.39 is 11.9 Å². The second-order valence-electron chi connectivity index (χ2n) is 3.94. The molecule has 1 N–H and O–H groups in total. The van der Waals surface area contributed by atoms with Crippen LogP contribution in [0.3, 0.4) is 0 Å². The molecule has 4 heteroatoms. The minimum Gasteiger partial charge on any atom is -0.481 e. The van der Waals surface area contributed by atoms with E-state index in [1.807, 2.05) is 0 Å². The molecule has 1 fully saturated rings. The number of hydrogen-bond acceptors (Lipinski definition) is 2. The summed E-state index contributed by atoms with van der Waals surface area (Å²) in [6.45, 7) is 0.650. The van der Waals surface area contributed by atoms with Gasteiger partial charge in [0.05, 0.1) is 12.5 Å². The molecule has 0 aromatic heterocycles. The van der Waals surface area contributed by atoms with Crippen LogP contribution in [0.5, 0.6) is 0 Å². The Morgan fingerprint density at radius 1 is 1.44 bits per heavy atom. The molecule has 16 heavy (non-hydrogen) atoms. The first-order valence-corrected chi connectivity index (χ1v) is 5.25. The van der Waals surface area contributed by atoms with Gasteiger partial charge in [0.1, 0.15) is 5.82 Å². The highest BCUT2D eigenvalue weighted by molar-refractivity contribution is 5.71. The molecule has 2 rings (SSSR count). The van der Waals surface area contributed by atoms with Gasteiger partial charge in [0.25, 0.3) is 0 Å². The first kappa shape index (κ1) is 11.1. The van der Waals surface area contributed by atoms with E-state index in [0.717, 1.165) is 0 Å². The molecule has 1 saturated heterocycles. The quantitative estimate of drug-likeness (QED) is 0.836. The Balaban J connectivity index is 2.30. The van der Waals surface area contributed by atoms with Gasteiger partial charge in [-0.15, -0.1) is 0 Å². The van der Waals surface area contributed by atoms with Gasteiger partial charge >= 0.3 is 5.97 Å². The molecule has 1 aliphatic heterocycles. The summed E-state index contributed by atoms with van der Waals surface area (Å²) in [5.74, 6) is -2.19. The average molecular weight is 224 g/mol. The maximum absolute atomic E-state index is 13.6. The van der Waals surface area contributed by atoms with Crippen molar-refractivity contribution in [2.24, 2.45) is 5.92 Å². The summed E-state index contributed by atoms with van der Waals surface area (Å²) in [7, 11) is 0. The van der Waals surface area contributed by atoms with Crippen LogP contribution in [-0.4, -0.2) is 24.3 Å². The van der Waals surface area contributed by atoms with Crippen LogP contribution in [0.15, 0.2) is 24.3 Å². The summed E-state index contributed by atoms with van der Waals surface area (Å²) in [6, 6.07) is 6.35. The van der Waals surface area contributed by atoms with Crippen LogP contribution in [-0.2, 0) is 9.53 Å². The number of hydrogen-bond donors (Lipinski definition) is 1. The highest BCUT2D eigenvalue weighted by atomic mass is 19.1. The Labute approximate surface area is 92.9 Å². The van der Waals surface area contributed by atoms with Crippen molar-refractivity contribution in [1.29, 1.82) is 0 Å². The van der Waals surface area contributed by atoms with Crippen molar-refractivity contribution in [3.8, 4) is 0 Å². The van der Waals surface area contributed by atoms with E-state index in [2.05, 4.69) is 0 Å². The van der Waals surface area contributed by atoms with Crippen molar-refractivity contribution in [3.05, 3.63) is 35.6 Å². The zero-order valence-corrected chi connectivity index (χ0v) is 8.73. The Bertz CT molecular complexity index is 392. The monoisotopic (exact) mass is 224 g/mol. The number of carbonyl (C=O) groups is 1. The van der Waals surface area contributed by atoms with Crippen molar-refractivity contribution in [2.75, 3.05) is 13.2 Å². The van der Waals surface area contributed by atoms with Crippen LogP contribution >= 0.6 is 0 Å². The molecular formula is C12H13FO3. The molecule has 0 radical (unpaired) electrons. The molecule has 1 aromatic carbocycles. The summed E-state index contributed by atoms with van der Waals surface area (Å²) < 4.78 is 18.7. The SMILES string of the molecule is O=C(O)C1COCCC1c1ccccc1F. The average Bonchev–Trinajstić information content (AvgIpc) is 2.29. The molecule has 0 bridgehead atoms. The zero-order chi connectivity index (χ0) is 11.5. The number of aliphatic carboxylic acids is 1. The fourth-order valence-corrected chi connectivity index (χ4v) is 2.13. The molecule has 2 unspecified atom stereocenters. The molecule has 0 saturated carbocycles. The van der Waals surface area contributed by atoms with Gasteiger partial charge in [0.2, 0.25) is 0 Å². The molecule has 0 amide bonds. The number of benzene rings is 1. The normalized spacial score (nSPS) is 25.3. The van der Waals surface area contributed by atoms with Crippen LogP contribution in [0, 0.1) is 11.7 Å². The Morgan fingerprint density at radius 3 is 2.88 bits per heavy atom. The van der Waals surface area contributed by atoms with Gasteiger partial charge < -0.3 is 9.84 Å². The van der Waals surface area contributed by atoms with Crippen LogP contribution < -0.4 is 0 Å². The van der Waals surface area contributed by atoms with Crippen molar-refractivity contribution < 1.29 is 19.0 Å². The van der Waals surface area contributed by atoms with Crippen molar-refractivity contribution in [3.63, 3.8) is 0 Å². The minimum absolute atomic E-state index is 0.161. The number of rotatable bonds is 2. The van der Waals surface area contributed by atoms with Crippen LogP contribution in [0.1, 0.15) is 17.9 Å². The van der Waals surface area contributed by atoms with Gasteiger partial charge in [-0.3, -0.25) is 4.79 Å². The summed E-state index contributed by atoms with van der Waals surface area (Å²) in [5, 5.41) is 9.06. The van der Waals surface area contributed by atoms with Gasteiger partial charge in [-0.2, -0.15) is 0 Å². The summed E-state index contributed by atoms with van der Waals surface area (Å²) in [5.41, 5.74) is 0.484. The van der Waals surface area contributed by atoms with E-state index >= 15 is 0 Å². The number of carboxylic acids is 1. The lowest BCUT2D eigenvalue weighted by Crippen LogP contribution is -2.32. The van der Waals surface area contributed by atoms with Gasteiger partial charge in [0.15, 0.2) is 0 Å². The van der Waals surface area contributed by atoms with Gasteiger partial charge in [-0.25, -0.2) is 4.39 Å². The van der Waals surface area contributed by atoms with Crippen molar-refractivity contribution >= 4 is 5.97 Å². The Morgan fingerprint density at radius 2 is 2.19 bits per heavy atom. The third-order valence-corrected chi connectivity index (χ3v) is 2.98. The lowest BCUT2D eigenvalue weighted by atomic mass is 9.82. The maximum Gasteiger partial charge on any atom is 0.309 e. The molecule has 86 valence electrons. The number of carboxylic acid groups (broad SMARTS) is 1. The van der Waals surface area contributed by atoms with E-state index in [9.17, 15) is 9.18 Å². The highest BCUT2D eigenvalue weighted by Crippen LogP contribution is 2.33. The van der Waals surface area contributed by atoms with E-state index in [1.54, 1.807) is 18.2 Å². The smallest absolute Gasteiger partial charge is 0.309 e. The minimum atomic E-state index is -0.923. The molecule has 1 aromatic rings. The number of ether oxygens (including phenoxy) is 1. The highest BCUT2D eigenvalue weighted by Gasteiger charge is 2.33. The second kappa shape index (κ2) is 4.61. The van der Waals surface area contributed by atoms with E-state index in [4.69, 9.17) is 9.84 Å². The van der Waals surface area contributed by atoms with E-state index in [1.165, 1.54) is 6.07 Å². The predicted octanol–water partition coefficient (Wildman–Crippen LogP) is 2.03. The van der Waals surface area contributed by atoms with Crippen LogP contribution in [0.2, 0.25) is 0 Å². The molecular weight excluding hydrogens is 211 g/mol. The molecule has 1 aliphatic rings. The van der Waals surface area contributed by atoms with Gasteiger partial charge in [-0.05, 0) is 18.1 Å². The fraction of sp³-hybridized carbons (Fsp3) is 0.417. The summed E-state index contributed by atoms with van der Waals surface area (Å²) in [6.07, 6.45) is 0.553. The Kier molecular flexibility index (Phi) is 3.19. The third-order valence-electron chi connectivity index (χ3n) is 2.98. The predicted molar refractivity (Wildman–Crippen MR) is 55.7 cm³/mol. The molecule has 3 nitrogen and oxygen atoms in total. The van der Waals surface area contributed by atoms with Gasteiger partial charge in [0, 0.05) is 12.5 Å². The third kappa shape index (κ3) is 2.07. The second-order valence-corrected chi connectivity index (χ2v) is 3.94. The molecule has 0 aliphatic carbocycles. The van der Waals surface area contributed by atoms with Crippen LogP contribution in [0.4, 0.5) is 4.39 Å². The first-order valence-electron chi connectivity index (χ1n) is 5.25. The fourth-order valence-electron chi connectivity index (χ4n) is 2.13. The lowest BCUT2D eigenvalue weighted by Gasteiger charge is -2.29. The standard InChI is InChI=1S/C12H13FO3/c13-11-4-2-1-3-9(11)8-5-6-16-7-10(8)12(14)15/h1-4,8,10H,5-7H2,(H,14,15). The van der Waals surface area contributed by atoms with E-state index in [-0.39, 0.29) is 18.3 Å². The van der Waals surface area contributed by atoms with E-state index in [0.29, 0.717) is 18.6 Å². The van der Waals surface area contributed by atoms with Crippen LogP contribution in [0.25, 0.3) is 0 Å². The lowest BCUT2D eigenvalue weighted by molar-refractivity contribution is -0.147. The maximum atomic E-state index is 13.6. The Hall–Kier alpha value is -1.42. The zero-order valence-electron chi connectivity index (χ0n) is 8.73. The molecule has 2 atom stereocenters. The van der Waals surface area contributed by atoms with Crippen molar-refractivity contribution in [2.45, 2.75) is 12.3 Å². The van der Waals surface area contributed by atoms with Gasteiger partial charge in [-0.1, -0.05) is 18.2 Å². The topological polar surface area (TPSA) is 46.5 Å². The largest absolute Gasteiger partial charge is 0.481 e. The summed E-state index contributed by atoms with van der Waals surface area (Å²) in [4.78, 5) is 11.0.